The van der Waals surface area contributed by atoms with Crippen molar-refractivity contribution in [3.8, 4) is 5.88 Å². The molecule has 0 aliphatic heterocycles. The van der Waals surface area contributed by atoms with Gasteiger partial charge in [-0.15, -0.1) is 0 Å². The summed E-state index contributed by atoms with van der Waals surface area (Å²) in [4.78, 5) is 7.92. The highest BCUT2D eigenvalue weighted by molar-refractivity contribution is 6.30. The van der Waals surface area contributed by atoms with Gasteiger partial charge in [0.15, 0.2) is 5.82 Å². The van der Waals surface area contributed by atoms with Gasteiger partial charge in [-0.2, -0.15) is 4.98 Å². The second-order valence-corrected chi connectivity index (χ2v) is 4.48. The standard InChI is InChI=1S/C13H14ClFN4O/c1-2-5-20-13-11(16)12(17-7-18-13)19-10-6-8(14)3-4-9(10)15/h3-4,6-7H,2,5,16H2,1H3,(H,17,18,19). The molecule has 0 fully saturated rings. The van der Waals surface area contributed by atoms with E-state index < -0.39 is 5.82 Å². The third kappa shape index (κ3) is 3.27. The van der Waals surface area contributed by atoms with E-state index in [0.29, 0.717) is 11.6 Å². The van der Waals surface area contributed by atoms with Crippen molar-refractivity contribution >= 4 is 28.8 Å². The molecule has 2 aromatic rings. The van der Waals surface area contributed by atoms with E-state index >= 15 is 0 Å². The monoisotopic (exact) mass is 296 g/mol. The lowest BCUT2D eigenvalue weighted by atomic mass is 10.3. The molecule has 0 aliphatic carbocycles. The van der Waals surface area contributed by atoms with Crippen LogP contribution in [0.5, 0.6) is 5.88 Å². The van der Waals surface area contributed by atoms with Crippen molar-refractivity contribution in [1.29, 1.82) is 0 Å². The van der Waals surface area contributed by atoms with Gasteiger partial charge in [0.2, 0.25) is 5.88 Å². The Balaban J connectivity index is 2.27. The maximum absolute atomic E-state index is 13.7. The molecule has 2 rings (SSSR count). The van der Waals surface area contributed by atoms with Crippen molar-refractivity contribution < 1.29 is 9.13 Å². The summed E-state index contributed by atoms with van der Waals surface area (Å²) in [6, 6.07) is 4.17. The zero-order valence-corrected chi connectivity index (χ0v) is 11.6. The first-order valence-electron chi connectivity index (χ1n) is 6.07. The zero-order valence-electron chi connectivity index (χ0n) is 10.9. The third-order valence-corrected chi connectivity index (χ3v) is 2.71. The predicted octanol–water partition coefficient (Wildman–Crippen LogP) is 3.38. The number of hydrogen-bond donors (Lipinski definition) is 2. The Morgan fingerprint density at radius 2 is 2.20 bits per heavy atom. The molecule has 0 saturated carbocycles. The summed E-state index contributed by atoms with van der Waals surface area (Å²) in [5.41, 5.74) is 6.30. The lowest BCUT2D eigenvalue weighted by Gasteiger charge is -2.12. The molecule has 0 atom stereocenters. The number of hydrogen-bond acceptors (Lipinski definition) is 5. The molecule has 0 bridgehead atoms. The van der Waals surface area contributed by atoms with E-state index in [4.69, 9.17) is 22.1 Å². The lowest BCUT2D eigenvalue weighted by molar-refractivity contribution is 0.307. The van der Waals surface area contributed by atoms with Crippen LogP contribution in [0.2, 0.25) is 5.02 Å². The summed E-state index contributed by atoms with van der Waals surface area (Å²) in [6.07, 6.45) is 2.13. The van der Waals surface area contributed by atoms with Gasteiger partial charge in [-0.1, -0.05) is 18.5 Å². The van der Waals surface area contributed by atoms with Crippen LogP contribution >= 0.6 is 11.6 Å². The predicted molar refractivity (Wildman–Crippen MR) is 76.9 cm³/mol. The molecular weight excluding hydrogens is 283 g/mol. The average Bonchev–Trinajstić information content (AvgIpc) is 2.44. The van der Waals surface area contributed by atoms with Crippen LogP contribution in [0.25, 0.3) is 0 Å². The van der Waals surface area contributed by atoms with Crippen LogP contribution in [0.3, 0.4) is 0 Å². The van der Waals surface area contributed by atoms with Crippen molar-refractivity contribution in [3.63, 3.8) is 0 Å². The van der Waals surface area contributed by atoms with Crippen molar-refractivity contribution in [2.24, 2.45) is 0 Å². The van der Waals surface area contributed by atoms with Gasteiger partial charge in [0.1, 0.15) is 17.8 Å². The number of nitrogens with two attached hydrogens (primary N) is 1. The van der Waals surface area contributed by atoms with E-state index in [0.717, 1.165) is 6.42 Å². The first-order chi connectivity index (χ1) is 9.61. The number of nitrogens with zero attached hydrogens (tertiary/aromatic N) is 2. The van der Waals surface area contributed by atoms with Crippen molar-refractivity contribution in [2.75, 3.05) is 17.7 Å². The summed E-state index contributed by atoms with van der Waals surface area (Å²) in [7, 11) is 0. The molecule has 0 amide bonds. The van der Waals surface area contributed by atoms with Gasteiger partial charge in [0.05, 0.1) is 12.3 Å². The number of aromatic nitrogens is 2. The van der Waals surface area contributed by atoms with E-state index in [1.54, 1.807) is 0 Å². The van der Waals surface area contributed by atoms with Crippen LogP contribution in [-0.2, 0) is 0 Å². The summed E-state index contributed by atoms with van der Waals surface area (Å²) in [5, 5.41) is 3.19. The van der Waals surface area contributed by atoms with Crippen LogP contribution in [-0.4, -0.2) is 16.6 Å². The van der Waals surface area contributed by atoms with Crippen LogP contribution < -0.4 is 15.8 Å². The van der Waals surface area contributed by atoms with Gasteiger partial charge in [0, 0.05) is 5.02 Å². The molecule has 1 aromatic heterocycles. The molecular formula is C13H14ClFN4O. The second-order valence-electron chi connectivity index (χ2n) is 4.04. The number of anilines is 3. The largest absolute Gasteiger partial charge is 0.476 e. The Morgan fingerprint density at radius 3 is 2.95 bits per heavy atom. The van der Waals surface area contributed by atoms with Crippen LogP contribution in [0.4, 0.5) is 21.6 Å². The van der Waals surface area contributed by atoms with E-state index in [9.17, 15) is 4.39 Å². The van der Waals surface area contributed by atoms with E-state index in [1.165, 1.54) is 24.5 Å². The minimum Gasteiger partial charge on any atom is -0.476 e. The Hall–Kier alpha value is -2.08. The second kappa shape index (κ2) is 6.38. The van der Waals surface area contributed by atoms with Crippen molar-refractivity contribution in [1.82, 2.24) is 9.97 Å². The Labute approximate surface area is 120 Å². The molecule has 0 unspecified atom stereocenters. The number of rotatable bonds is 5. The molecule has 20 heavy (non-hydrogen) atoms. The molecule has 0 aliphatic rings. The highest BCUT2D eigenvalue weighted by atomic mass is 35.5. The topological polar surface area (TPSA) is 73.1 Å². The van der Waals surface area contributed by atoms with Gasteiger partial charge in [0.25, 0.3) is 0 Å². The fourth-order valence-corrected chi connectivity index (χ4v) is 1.69. The van der Waals surface area contributed by atoms with Gasteiger partial charge in [-0.25, -0.2) is 9.37 Å². The van der Waals surface area contributed by atoms with Crippen LogP contribution in [0, 0.1) is 5.82 Å². The quantitative estimate of drug-likeness (QED) is 0.885. The Bertz CT molecular complexity index is 609. The number of ether oxygens (including phenoxy) is 1. The average molecular weight is 297 g/mol. The molecule has 1 heterocycles. The number of nitrogen functional groups attached to an aromatic ring is 1. The number of benzene rings is 1. The first kappa shape index (κ1) is 14.3. The van der Waals surface area contributed by atoms with Crippen LogP contribution in [0.15, 0.2) is 24.5 Å². The van der Waals surface area contributed by atoms with E-state index in [1.807, 2.05) is 6.92 Å². The molecule has 3 N–H and O–H groups in total. The maximum atomic E-state index is 13.7. The maximum Gasteiger partial charge on any atom is 0.242 e. The highest BCUT2D eigenvalue weighted by Gasteiger charge is 2.11. The molecule has 0 spiro atoms. The first-order valence-corrected chi connectivity index (χ1v) is 6.45. The van der Waals surface area contributed by atoms with Gasteiger partial charge < -0.3 is 15.8 Å². The minimum absolute atomic E-state index is 0.185. The molecule has 1 aromatic carbocycles. The van der Waals surface area contributed by atoms with Gasteiger partial charge >= 0.3 is 0 Å². The van der Waals surface area contributed by atoms with E-state index in [-0.39, 0.29) is 23.1 Å². The number of halogens is 2. The van der Waals surface area contributed by atoms with Gasteiger partial charge in [-0.3, -0.25) is 0 Å². The molecule has 0 radical (unpaired) electrons. The lowest BCUT2D eigenvalue weighted by Crippen LogP contribution is -2.06. The molecule has 106 valence electrons. The van der Waals surface area contributed by atoms with Crippen molar-refractivity contribution in [3.05, 3.63) is 35.4 Å². The Morgan fingerprint density at radius 1 is 1.40 bits per heavy atom. The van der Waals surface area contributed by atoms with Crippen molar-refractivity contribution in [2.45, 2.75) is 13.3 Å². The summed E-state index contributed by atoms with van der Waals surface area (Å²) in [5.74, 6) is 0.0856. The van der Waals surface area contributed by atoms with Crippen LogP contribution in [0.1, 0.15) is 13.3 Å². The van der Waals surface area contributed by atoms with Gasteiger partial charge in [-0.05, 0) is 24.6 Å². The van der Waals surface area contributed by atoms with E-state index in [2.05, 4.69) is 15.3 Å². The highest BCUT2D eigenvalue weighted by Crippen LogP contribution is 2.29. The normalized spacial score (nSPS) is 10.3. The summed E-state index contributed by atoms with van der Waals surface area (Å²) >= 11 is 5.83. The summed E-state index contributed by atoms with van der Waals surface area (Å²) < 4.78 is 19.0. The third-order valence-electron chi connectivity index (χ3n) is 2.47. The SMILES string of the molecule is CCCOc1ncnc(Nc2cc(Cl)ccc2F)c1N. The fourth-order valence-electron chi connectivity index (χ4n) is 1.51. The molecule has 7 heteroatoms. The fraction of sp³-hybridized carbons (Fsp3) is 0.231. The zero-order chi connectivity index (χ0) is 14.5. The Kier molecular flexibility index (Phi) is 4.57. The summed E-state index contributed by atoms with van der Waals surface area (Å²) in [6.45, 7) is 2.46. The molecule has 5 nitrogen and oxygen atoms in total. The molecule has 0 saturated heterocycles. The smallest absolute Gasteiger partial charge is 0.242 e. The number of nitrogens with one attached hydrogen (secondary N) is 1. The minimum atomic E-state index is -0.455.